The van der Waals surface area contributed by atoms with Gasteiger partial charge in [0.15, 0.2) is 0 Å². The molecule has 0 heterocycles. The van der Waals surface area contributed by atoms with Gasteiger partial charge in [-0.3, -0.25) is 8.37 Å². The van der Waals surface area contributed by atoms with Gasteiger partial charge in [-0.25, -0.2) is 0 Å². The summed E-state index contributed by atoms with van der Waals surface area (Å²) in [5.74, 6) is 0. The van der Waals surface area contributed by atoms with Crippen LogP contribution in [-0.4, -0.2) is 17.4 Å². The van der Waals surface area contributed by atoms with E-state index in [1.54, 1.807) is 6.92 Å². The second kappa shape index (κ2) is 11.1. The van der Waals surface area contributed by atoms with E-state index < -0.39 is 11.4 Å². The van der Waals surface area contributed by atoms with Crippen LogP contribution in [0.1, 0.15) is 52.4 Å². The SMILES string of the molecule is CCCCCCCCOS(=O)OCC. The van der Waals surface area contributed by atoms with Crippen LogP contribution in [0.4, 0.5) is 0 Å². The van der Waals surface area contributed by atoms with Crippen molar-refractivity contribution in [2.45, 2.75) is 52.4 Å². The van der Waals surface area contributed by atoms with E-state index in [4.69, 9.17) is 8.37 Å². The molecule has 4 heteroatoms. The number of unbranched alkanes of at least 4 members (excludes halogenated alkanes) is 5. The molecule has 0 saturated heterocycles. The lowest BCUT2D eigenvalue weighted by Gasteiger charge is -2.02. The molecule has 0 aromatic heterocycles. The Labute approximate surface area is 90.0 Å². The minimum atomic E-state index is -1.53. The molecule has 0 aliphatic rings. The molecular formula is C10H22O3S. The number of rotatable bonds is 10. The largest absolute Gasteiger partial charge is 0.304 e. The van der Waals surface area contributed by atoms with Crippen molar-refractivity contribution < 1.29 is 12.6 Å². The van der Waals surface area contributed by atoms with E-state index >= 15 is 0 Å². The van der Waals surface area contributed by atoms with Gasteiger partial charge in [0.25, 0.3) is 0 Å². The summed E-state index contributed by atoms with van der Waals surface area (Å²) in [5, 5.41) is 0. The summed E-state index contributed by atoms with van der Waals surface area (Å²) in [6.07, 6.45) is 7.26. The molecule has 1 unspecified atom stereocenters. The summed E-state index contributed by atoms with van der Waals surface area (Å²) in [6.45, 7) is 4.97. The van der Waals surface area contributed by atoms with Gasteiger partial charge in [0.1, 0.15) is 0 Å². The molecule has 0 fully saturated rings. The van der Waals surface area contributed by atoms with Gasteiger partial charge in [0, 0.05) is 0 Å². The summed E-state index contributed by atoms with van der Waals surface area (Å²) in [5.41, 5.74) is 0. The molecule has 0 bridgehead atoms. The van der Waals surface area contributed by atoms with Crippen molar-refractivity contribution >= 4 is 11.4 Å². The fraction of sp³-hybridized carbons (Fsp3) is 1.00. The van der Waals surface area contributed by atoms with Crippen molar-refractivity contribution in [3.8, 4) is 0 Å². The first-order valence-corrected chi connectivity index (χ1v) is 6.49. The first-order chi connectivity index (χ1) is 6.81. The Bertz CT molecular complexity index is 139. The molecule has 0 aliphatic carbocycles. The van der Waals surface area contributed by atoms with E-state index in [2.05, 4.69) is 6.92 Å². The smallest absolute Gasteiger partial charge is 0.269 e. The van der Waals surface area contributed by atoms with Gasteiger partial charge in [-0.2, -0.15) is 4.21 Å². The minimum absolute atomic E-state index is 0.434. The zero-order valence-corrected chi connectivity index (χ0v) is 10.1. The predicted octanol–water partition coefficient (Wildman–Crippen LogP) is 2.98. The Morgan fingerprint density at radius 3 is 2.21 bits per heavy atom. The highest BCUT2D eigenvalue weighted by Crippen LogP contribution is 2.05. The second-order valence-corrected chi connectivity index (χ2v) is 4.08. The third-order valence-corrected chi connectivity index (χ3v) is 2.68. The standard InChI is InChI=1S/C10H22O3S/c1-3-5-6-7-8-9-10-13-14(11)12-4-2/h3-10H2,1-2H3. The molecule has 0 radical (unpaired) electrons. The minimum Gasteiger partial charge on any atom is -0.269 e. The maximum atomic E-state index is 10.8. The summed E-state index contributed by atoms with van der Waals surface area (Å²) in [7, 11) is 0. The third kappa shape index (κ3) is 10.2. The maximum Gasteiger partial charge on any atom is 0.304 e. The zero-order valence-electron chi connectivity index (χ0n) is 9.29. The maximum absolute atomic E-state index is 10.8. The molecule has 0 spiro atoms. The van der Waals surface area contributed by atoms with Gasteiger partial charge in [0.05, 0.1) is 13.2 Å². The summed E-state index contributed by atoms with van der Waals surface area (Å²) in [4.78, 5) is 0. The third-order valence-electron chi connectivity index (χ3n) is 1.89. The normalized spacial score (nSPS) is 13.0. The zero-order chi connectivity index (χ0) is 10.6. The highest BCUT2D eigenvalue weighted by Gasteiger charge is 1.98. The van der Waals surface area contributed by atoms with Crippen LogP contribution in [0.3, 0.4) is 0 Å². The monoisotopic (exact) mass is 222 g/mol. The van der Waals surface area contributed by atoms with Crippen molar-refractivity contribution in [2.75, 3.05) is 13.2 Å². The van der Waals surface area contributed by atoms with Crippen molar-refractivity contribution in [2.24, 2.45) is 0 Å². The number of hydrogen-bond acceptors (Lipinski definition) is 3. The van der Waals surface area contributed by atoms with Crippen LogP contribution in [0.25, 0.3) is 0 Å². The number of hydrogen-bond donors (Lipinski definition) is 0. The van der Waals surface area contributed by atoms with Crippen molar-refractivity contribution in [3.05, 3.63) is 0 Å². The molecule has 0 N–H and O–H groups in total. The first-order valence-electron chi connectivity index (χ1n) is 5.49. The fourth-order valence-electron chi connectivity index (χ4n) is 1.14. The summed E-state index contributed by atoms with van der Waals surface area (Å²) < 4.78 is 20.5. The Morgan fingerprint density at radius 2 is 1.57 bits per heavy atom. The van der Waals surface area contributed by atoms with E-state index in [1.807, 2.05) is 0 Å². The Balaban J connectivity index is 3.01. The summed E-state index contributed by atoms with van der Waals surface area (Å²) >= 11 is -1.53. The molecule has 0 aromatic rings. The van der Waals surface area contributed by atoms with Gasteiger partial charge in [-0.15, -0.1) is 0 Å². The molecule has 14 heavy (non-hydrogen) atoms. The van der Waals surface area contributed by atoms with Crippen LogP contribution in [0.5, 0.6) is 0 Å². The highest BCUT2D eigenvalue weighted by molar-refractivity contribution is 7.75. The highest BCUT2D eigenvalue weighted by atomic mass is 32.2. The van der Waals surface area contributed by atoms with Gasteiger partial charge in [0.2, 0.25) is 0 Å². The Hall–Kier alpha value is 0.0700. The quantitative estimate of drug-likeness (QED) is 0.533. The molecule has 0 amide bonds. The molecule has 0 aliphatic heterocycles. The molecular weight excluding hydrogens is 200 g/mol. The van der Waals surface area contributed by atoms with E-state index in [-0.39, 0.29) is 0 Å². The van der Waals surface area contributed by atoms with E-state index in [9.17, 15) is 4.21 Å². The van der Waals surface area contributed by atoms with Gasteiger partial charge < -0.3 is 0 Å². The Morgan fingerprint density at radius 1 is 0.929 bits per heavy atom. The molecule has 1 atom stereocenters. The van der Waals surface area contributed by atoms with Crippen LogP contribution in [0.2, 0.25) is 0 Å². The molecule has 0 saturated carbocycles. The molecule has 0 aromatic carbocycles. The van der Waals surface area contributed by atoms with Crippen molar-refractivity contribution in [3.63, 3.8) is 0 Å². The van der Waals surface area contributed by atoms with Gasteiger partial charge >= 0.3 is 11.4 Å². The molecule has 3 nitrogen and oxygen atoms in total. The first kappa shape index (κ1) is 14.1. The lowest BCUT2D eigenvalue weighted by molar-refractivity contribution is 0.253. The lowest BCUT2D eigenvalue weighted by atomic mass is 10.1. The average Bonchev–Trinajstić information content (AvgIpc) is 2.17. The Kier molecular flexibility index (Phi) is 11.2. The second-order valence-electron chi connectivity index (χ2n) is 3.20. The average molecular weight is 222 g/mol. The van der Waals surface area contributed by atoms with Crippen molar-refractivity contribution in [1.29, 1.82) is 0 Å². The molecule has 86 valence electrons. The van der Waals surface area contributed by atoms with Crippen LogP contribution in [-0.2, 0) is 19.7 Å². The van der Waals surface area contributed by atoms with Crippen LogP contribution < -0.4 is 0 Å². The van der Waals surface area contributed by atoms with Crippen LogP contribution in [0.15, 0.2) is 0 Å². The molecule has 0 rings (SSSR count). The summed E-state index contributed by atoms with van der Waals surface area (Å²) in [6, 6.07) is 0. The van der Waals surface area contributed by atoms with Crippen LogP contribution >= 0.6 is 0 Å². The fourth-order valence-corrected chi connectivity index (χ4v) is 1.65. The van der Waals surface area contributed by atoms with Gasteiger partial charge in [-0.1, -0.05) is 39.0 Å². The predicted molar refractivity (Wildman–Crippen MR) is 59.1 cm³/mol. The van der Waals surface area contributed by atoms with Crippen molar-refractivity contribution in [1.82, 2.24) is 0 Å². The van der Waals surface area contributed by atoms with Crippen LogP contribution in [0, 0.1) is 0 Å². The lowest BCUT2D eigenvalue weighted by Crippen LogP contribution is -2.03. The van der Waals surface area contributed by atoms with E-state index in [1.165, 1.54) is 25.7 Å². The van der Waals surface area contributed by atoms with Gasteiger partial charge in [-0.05, 0) is 13.3 Å². The van der Waals surface area contributed by atoms with E-state index in [0.29, 0.717) is 13.2 Å². The topological polar surface area (TPSA) is 35.5 Å². The van der Waals surface area contributed by atoms with E-state index in [0.717, 1.165) is 12.8 Å².